The predicted octanol–water partition coefficient (Wildman–Crippen LogP) is 1.61. The highest BCUT2D eigenvalue weighted by molar-refractivity contribution is 7.89. The maximum Gasteiger partial charge on any atom is 0.243 e. The van der Waals surface area contributed by atoms with Crippen LogP contribution >= 0.6 is 0 Å². The number of nitrogens with zero attached hydrogens (tertiary/aromatic N) is 2. The Bertz CT molecular complexity index is 633. The number of anilines is 1. The molecule has 1 aliphatic rings. The number of rotatable bonds is 5. The Kier molecular flexibility index (Phi) is 5.78. The number of hydrogen-bond acceptors (Lipinski definition) is 4. The Morgan fingerprint density at radius 2 is 1.70 bits per heavy atom. The van der Waals surface area contributed by atoms with Crippen LogP contribution in [0.4, 0.5) is 5.69 Å². The average molecular weight is 339 g/mol. The summed E-state index contributed by atoms with van der Waals surface area (Å²) in [5.74, 6) is -0.204. The first-order valence-electron chi connectivity index (χ1n) is 7.98. The number of likely N-dealkylation sites (N-methyl/N-ethyl adjacent to an activating group) is 1. The van der Waals surface area contributed by atoms with Crippen LogP contribution in [0.15, 0.2) is 29.2 Å². The van der Waals surface area contributed by atoms with Crippen molar-refractivity contribution in [1.82, 2.24) is 9.21 Å². The fraction of sp³-hybridized carbons (Fsp3) is 0.562. The number of sulfonamides is 1. The molecule has 23 heavy (non-hydrogen) atoms. The molecule has 0 aliphatic carbocycles. The van der Waals surface area contributed by atoms with Gasteiger partial charge in [-0.1, -0.05) is 20.8 Å². The molecule has 128 valence electrons. The minimum Gasteiger partial charge on any atom is -0.326 e. The molecule has 1 saturated heterocycles. The Morgan fingerprint density at radius 3 is 2.17 bits per heavy atom. The number of piperazine rings is 1. The number of nitrogens with one attached hydrogen (secondary N) is 1. The molecule has 1 amide bonds. The maximum atomic E-state index is 12.6. The van der Waals surface area contributed by atoms with E-state index in [1.165, 1.54) is 4.31 Å². The fourth-order valence-corrected chi connectivity index (χ4v) is 3.85. The first kappa shape index (κ1) is 17.9. The van der Waals surface area contributed by atoms with Crippen LogP contribution < -0.4 is 5.32 Å². The zero-order valence-corrected chi connectivity index (χ0v) is 14.8. The highest BCUT2D eigenvalue weighted by atomic mass is 32.2. The first-order chi connectivity index (χ1) is 10.8. The molecule has 0 aromatic heterocycles. The molecule has 0 unspecified atom stereocenters. The molecule has 1 aromatic rings. The summed E-state index contributed by atoms with van der Waals surface area (Å²) in [5, 5.41) is 2.76. The molecule has 0 saturated carbocycles. The molecule has 2 rings (SSSR count). The van der Waals surface area contributed by atoms with E-state index >= 15 is 0 Å². The molecule has 1 heterocycles. The van der Waals surface area contributed by atoms with Crippen LogP contribution in [-0.4, -0.2) is 56.3 Å². The Balaban J connectivity index is 2.07. The Hall–Kier alpha value is -1.44. The maximum absolute atomic E-state index is 12.6. The van der Waals surface area contributed by atoms with Gasteiger partial charge < -0.3 is 10.2 Å². The van der Waals surface area contributed by atoms with Gasteiger partial charge in [-0.05, 0) is 30.8 Å². The Labute approximate surface area is 138 Å². The van der Waals surface area contributed by atoms with E-state index in [0.29, 0.717) is 18.8 Å². The minimum absolute atomic E-state index is 0.0868. The van der Waals surface area contributed by atoms with Crippen LogP contribution in [0.5, 0.6) is 0 Å². The van der Waals surface area contributed by atoms with E-state index in [9.17, 15) is 13.2 Å². The molecular formula is C16H25N3O3S. The van der Waals surface area contributed by atoms with E-state index < -0.39 is 10.0 Å². The summed E-state index contributed by atoms with van der Waals surface area (Å²) in [6, 6.07) is 6.37. The molecule has 1 aromatic carbocycles. The molecule has 6 nitrogen and oxygen atoms in total. The monoisotopic (exact) mass is 339 g/mol. The topological polar surface area (TPSA) is 69.7 Å². The summed E-state index contributed by atoms with van der Waals surface area (Å²) in [5.41, 5.74) is 0.610. The lowest BCUT2D eigenvalue weighted by molar-refractivity contribution is -0.118. The number of carbonyl (C=O) groups excluding carboxylic acids is 1. The van der Waals surface area contributed by atoms with Gasteiger partial charge in [-0.25, -0.2) is 8.42 Å². The Morgan fingerprint density at radius 1 is 1.13 bits per heavy atom. The van der Waals surface area contributed by atoms with E-state index in [1.807, 2.05) is 13.8 Å². The number of carbonyl (C=O) groups is 1. The van der Waals surface area contributed by atoms with Gasteiger partial charge in [-0.3, -0.25) is 4.79 Å². The zero-order chi connectivity index (χ0) is 17.0. The van der Waals surface area contributed by atoms with Crippen molar-refractivity contribution in [3.8, 4) is 0 Å². The normalized spacial score (nSPS) is 17.4. The first-order valence-corrected chi connectivity index (χ1v) is 9.42. The van der Waals surface area contributed by atoms with Crippen molar-refractivity contribution in [2.75, 3.05) is 38.0 Å². The standard InChI is InChI=1S/C16H25N3O3S/c1-4-18-9-11-19(12-10-18)23(21,22)15-7-5-14(6-8-15)17-16(20)13(2)3/h5-8,13H,4,9-12H2,1-3H3,(H,17,20). The molecule has 0 atom stereocenters. The van der Waals surface area contributed by atoms with Gasteiger partial charge in [0.05, 0.1) is 4.90 Å². The van der Waals surface area contributed by atoms with Crippen molar-refractivity contribution in [2.24, 2.45) is 5.92 Å². The van der Waals surface area contributed by atoms with Crippen molar-refractivity contribution >= 4 is 21.6 Å². The van der Waals surface area contributed by atoms with Crippen LogP contribution in [0.25, 0.3) is 0 Å². The second-order valence-electron chi connectivity index (χ2n) is 6.01. The molecule has 1 aliphatic heterocycles. The molecule has 0 radical (unpaired) electrons. The average Bonchev–Trinajstić information content (AvgIpc) is 2.55. The van der Waals surface area contributed by atoms with Crippen LogP contribution in [0.2, 0.25) is 0 Å². The minimum atomic E-state index is -3.46. The van der Waals surface area contributed by atoms with Crippen molar-refractivity contribution in [1.29, 1.82) is 0 Å². The van der Waals surface area contributed by atoms with Crippen molar-refractivity contribution in [2.45, 2.75) is 25.7 Å². The van der Waals surface area contributed by atoms with Crippen LogP contribution in [0, 0.1) is 5.92 Å². The predicted molar refractivity (Wildman–Crippen MR) is 90.8 cm³/mol. The molecule has 1 fully saturated rings. The van der Waals surface area contributed by atoms with E-state index in [1.54, 1.807) is 24.3 Å². The largest absolute Gasteiger partial charge is 0.326 e. The number of hydrogen-bond donors (Lipinski definition) is 1. The second-order valence-corrected chi connectivity index (χ2v) is 7.94. The zero-order valence-electron chi connectivity index (χ0n) is 13.9. The van der Waals surface area contributed by atoms with Gasteiger partial charge in [0.25, 0.3) is 0 Å². The summed E-state index contributed by atoms with van der Waals surface area (Å²) in [6.07, 6.45) is 0. The highest BCUT2D eigenvalue weighted by Gasteiger charge is 2.27. The second kappa shape index (κ2) is 7.42. The SMILES string of the molecule is CCN1CCN(S(=O)(=O)c2ccc(NC(=O)C(C)C)cc2)CC1. The number of benzene rings is 1. The van der Waals surface area contributed by atoms with Crippen molar-refractivity contribution in [3.05, 3.63) is 24.3 Å². The van der Waals surface area contributed by atoms with Gasteiger partial charge in [0, 0.05) is 37.8 Å². The molecular weight excluding hydrogens is 314 g/mol. The van der Waals surface area contributed by atoms with Gasteiger partial charge in [-0.15, -0.1) is 0 Å². The van der Waals surface area contributed by atoms with Gasteiger partial charge >= 0.3 is 0 Å². The van der Waals surface area contributed by atoms with E-state index in [4.69, 9.17) is 0 Å². The third-order valence-electron chi connectivity index (χ3n) is 4.06. The molecule has 0 spiro atoms. The molecule has 7 heteroatoms. The van der Waals surface area contributed by atoms with Gasteiger partial charge in [-0.2, -0.15) is 4.31 Å². The van der Waals surface area contributed by atoms with Crippen LogP contribution in [0.1, 0.15) is 20.8 Å². The quantitative estimate of drug-likeness (QED) is 0.885. The molecule has 1 N–H and O–H groups in total. The summed E-state index contributed by atoms with van der Waals surface area (Å²) in [4.78, 5) is 14.2. The lowest BCUT2D eigenvalue weighted by atomic mass is 10.2. The van der Waals surface area contributed by atoms with Gasteiger partial charge in [0.15, 0.2) is 0 Å². The smallest absolute Gasteiger partial charge is 0.243 e. The number of amides is 1. The van der Waals surface area contributed by atoms with Crippen molar-refractivity contribution in [3.63, 3.8) is 0 Å². The molecule has 0 bridgehead atoms. The van der Waals surface area contributed by atoms with E-state index in [0.717, 1.165) is 19.6 Å². The highest BCUT2D eigenvalue weighted by Crippen LogP contribution is 2.20. The lowest BCUT2D eigenvalue weighted by Gasteiger charge is -2.33. The van der Waals surface area contributed by atoms with Crippen molar-refractivity contribution < 1.29 is 13.2 Å². The van der Waals surface area contributed by atoms with E-state index in [-0.39, 0.29) is 16.7 Å². The fourth-order valence-electron chi connectivity index (χ4n) is 2.43. The van der Waals surface area contributed by atoms with Gasteiger partial charge in [0.2, 0.25) is 15.9 Å². The summed E-state index contributed by atoms with van der Waals surface area (Å²) >= 11 is 0. The summed E-state index contributed by atoms with van der Waals surface area (Å²) < 4.78 is 26.8. The lowest BCUT2D eigenvalue weighted by Crippen LogP contribution is -2.48. The third kappa shape index (κ3) is 4.31. The van der Waals surface area contributed by atoms with E-state index in [2.05, 4.69) is 17.1 Å². The van der Waals surface area contributed by atoms with Crippen LogP contribution in [0.3, 0.4) is 0 Å². The third-order valence-corrected chi connectivity index (χ3v) is 5.98. The van der Waals surface area contributed by atoms with Crippen LogP contribution in [-0.2, 0) is 14.8 Å². The summed E-state index contributed by atoms with van der Waals surface area (Å²) in [6.45, 7) is 9.20. The van der Waals surface area contributed by atoms with Gasteiger partial charge in [0.1, 0.15) is 0 Å². The summed E-state index contributed by atoms with van der Waals surface area (Å²) in [7, 11) is -3.46.